The molecule has 0 N–H and O–H groups in total. The van der Waals surface area contributed by atoms with Gasteiger partial charge in [-0.15, -0.1) is 0 Å². The average Bonchev–Trinajstić information content (AvgIpc) is 1.80. The van der Waals surface area contributed by atoms with Gasteiger partial charge in [-0.25, -0.2) is 0 Å². The standard InChI is InChI=1S/C5H13O3P.Cu/c1-2-3-4-5-8-9(6)7;/h9H,2-5H2,1H3,(H,6,7);/q;+1/p-1. The summed E-state index contributed by atoms with van der Waals surface area (Å²) in [5, 5.41) is 0. The first-order valence-electron chi connectivity index (χ1n) is 3.11. The van der Waals surface area contributed by atoms with Gasteiger partial charge >= 0.3 is 17.1 Å². The molecule has 66 valence electrons. The molecule has 0 spiro atoms. The Bertz CT molecular complexity index is 89.0. The van der Waals surface area contributed by atoms with Gasteiger partial charge in [0.05, 0.1) is 6.61 Å². The van der Waals surface area contributed by atoms with Gasteiger partial charge in [-0.05, 0) is 6.42 Å². The second-order valence-corrected chi connectivity index (χ2v) is 2.59. The van der Waals surface area contributed by atoms with Gasteiger partial charge in [0.2, 0.25) is 0 Å². The Balaban J connectivity index is 0. The largest absolute Gasteiger partial charge is 1.00 e. The van der Waals surface area contributed by atoms with Crippen LogP contribution in [0.1, 0.15) is 26.2 Å². The van der Waals surface area contributed by atoms with Crippen LogP contribution in [0.2, 0.25) is 0 Å². The molecule has 0 saturated heterocycles. The predicted octanol–water partition coefficient (Wildman–Crippen LogP) is 0.941. The summed E-state index contributed by atoms with van der Waals surface area (Å²) in [6.07, 6.45) is 2.97. The molecule has 0 bridgehead atoms. The summed E-state index contributed by atoms with van der Waals surface area (Å²) in [5.74, 6) is 0. The van der Waals surface area contributed by atoms with Crippen molar-refractivity contribution in [3.05, 3.63) is 0 Å². The van der Waals surface area contributed by atoms with E-state index in [0.717, 1.165) is 19.3 Å². The number of hydrogen-bond acceptors (Lipinski definition) is 3. The quantitative estimate of drug-likeness (QED) is 0.389. The zero-order valence-electron chi connectivity index (χ0n) is 5.85. The molecule has 0 aliphatic heterocycles. The molecule has 3 nitrogen and oxygen atoms in total. The molecule has 0 aromatic heterocycles. The van der Waals surface area contributed by atoms with E-state index >= 15 is 0 Å². The van der Waals surface area contributed by atoms with Crippen molar-refractivity contribution in [3.8, 4) is 0 Å². The minimum absolute atomic E-state index is 0. The van der Waals surface area contributed by atoms with Crippen LogP contribution in [-0.2, 0) is 26.2 Å². The summed E-state index contributed by atoms with van der Waals surface area (Å²) in [6.45, 7) is 2.41. The van der Waals surface area contributed by atoms with Gasteiger partial charge < -0.3 is 14.0 Å². The molecule has 0 amide bonds. The molecule has 10 heavy (non-hydrogen) atoms. The van der Waals surface area contributed by atoms with E-state index in [0.29, 0.717) is 6.61 Å². The minimum atomic E-state index is -2.92. The Hall–Kier alpha value is 0.669. The van der Waals surface area contributed by atoms with Crippen molar-refractivity contribution in [1.29, 1.82) is 0 Å². The van der Waals surface area contributed by atoms with Crippen LogP contribution in [0.25, 0.3) is 0 Å². The summed E-state index contributed by atoms with van der Waals surface area (Å²) in [6, 6.07) is 0. The minimum Gasteiger partial charge on any atom is -0.781 e. The molecule has 0 aromatic rings. The van der Waals surface area contributed by atoms with Crippen LogP contribution >= 0.6 is 8.25 Å². The molecular formula is C5H12CuO3P. The maximum Gasteiger partial charge on any atom is 1.00 e. The summed E-state index contributed by atoms with van der Waals surface area (Å²) in [5.41, 5.74) is 0. The average molecular weight is 215 g/mol. The Morgan fingerprint density at radius 1 is 1.50 bits per heavy atom. The summed E-state index contributed by atoms with van der Waals surface area (Å²) >= 11 is 0. The van der Waals surface area contributed by atoms with Gasteiger partial charge in [0.1, 0.15) is 8.25 Å². The Labute approximate surface area is 72.6 Å². The fourth-order valence-corrected chi connectivity index (χ4v) is 0.819. The van der Waals surface area contributed by atoms with Crippen molar-refractivity contribution in [1.82, 2.24) is 0 Å². The maximum absolute atomic E-state index is 9.81. The van der Waals surface area contributed by atoms with Crippen LogP contribution in [0.4, 0.5) is 0 Å². The second-order valence-electron chi connectivity index (χ2n) is 1.81. The third kappa shape index (κ3) is 11.5. The fourth-order valence-electron chi connectivity index (χ4n) is 0.508. The summed E-state index contributed by atoms with van der Waals surface area (Å²) < 4.78 is 14.1. The Morgan fingerprint density at radius 3 is 2.50 bits per heavy atom. The van der Waals surface area contributed by atoms with E-state index in [2.05, 4.69) is 11.4 Å². The molecule has 0 radical (unpaired) electrons. The molecule has 1 unspecified atom stereocenters. The molecule has 0 fully saturated rings. The molecule has 5 heteroatoms. The molecule has 0 aliphatic carbocycles. The first-order chi connectivity index (χ1) is 4.27. The number of unbranched alkanes of at least 4 members (excludes halogenated alkanes) is 2. The van der Waals surface area contributed by atoms with E-state index in [1.165, 1.54) is 0 Å². The van der Waals surface area contributed by atoms with Crippen molar-refractivity contribution in [2.75, 3.05) is 6.61 Å². The molecule has 1 atom stereocenters. The third-order valence-corrected chi connectivity index (χ3v) is 1.41. The van der Waals surface area contributed by atoms with Crippen LogP contribution in [0, 0.1) is 0 Å². The van der Waals surface area contributed by atoms with Crippen LogP contribution in [0.15, 0.2) is 0 Å². The van der Waals surface area contributed by atoms with E-state index in [1.54, 1.807) is 0 Å². The molecule has 0 saturated carbocycles. The Kier molecular flexibility index (Phi) is 12.8. The topological polar surface area (TPSA) is 49.4 Å². The van der Waals surface area contributed by atoms with E-state index < -0.39 is 8.25 Å². The van der Waals surface area contributed by atoms with Crippen LogP contribution < -0.4 is 4.89 Å². The summed E-state index contributed by atoms with van der Waals surface area (Å²) in [4.78, 5) is 9.81. The van der Waals surface area contributed by atoms with E-state index in [-0.39, 0.29) is 17.1 Å². The van der Waals surface area contributed by atoms with E-state index in [1.807, 2.05) is 0 Å². The zero-order valence-corrected chi connectivity index (χ0v) is 7.80. The Morgan fingerprint density at radius 2 is 2.10 bits per heavy atom. The predicted molar refractivity (Wildman–Crippen MR) is 34.5 cm³/mol. The maximum atomic E-state index is 9.81. The fraction of sp³-hybridized carbons (Fsp3) is 1.00. The van der Waals surface area contributed by atoms with Crippen molar-refractivity contribution in [2.45, 2.75) is 26.2 Å². The van der Waals surface area contributed by atoms with Gasteiger partial charge in [0.15, 0.2) is 0 Å². The first kappa shape index (κ1) is 13.3. The van der Waals surface area contributed by atoms with Crippen molar-refractivity contribution < 1.29 is 31.1 Å². The molecule has 0 heterocycles. The van der Waals surface area contributed by atoms with Crippen LogP contribution in [-0.4, -0.2) is 6.61 Å². The van der Waals surface area contributed by atoms with Crippen LogP contribution in [0.3, 0.4) is 0 Å². The van der Waals surface area contributed by atoms with E-state index in [4.69, 9.17) is 0 Å². The first-order valence-corrected chi connectivity index (χ1v) is 4.33. The SMILES string of the molecule is CCCCCO[PH](=O)[O-].[Cu+]. The van der Waals surface area contributed by atoms with Crippen molar-refractivity contribution in [2.24, 2.45) is 0 Å². The summed E-state index contributed by atoms with van der Waals surface area (Å²) in [7, 11) is -2.92. The van der Waals surface area contributed by atoms with Gasteiger partial charge in [-0.1, -0.05) is 19.8 Å². The normalized spacial score (nSPS) is 12.2. The molecule has 0 aliphatic rings. The van der Waals surface area contributed by atoms with Crippen LogP contribution in [0.5, 0.6) is 0 Å². The van der Waals surface area contributed by atoms with Crippen molar-refractivity contribution in [3.63, 3.8) is 0 Å². The van der Waals surface area contributed by atoms with Gasteiger partial charge in [-0.2, -0.15) is 0 Å². The molecular weight excluding hydrogens is 203 g/mol. The van der Waals surface area contributed by atoms with Gasteiger partial charge in [0, 0.05) is 0 Å². The molecule has 0 rings (SSSR count). The third-order valence-electron chi connectivity index (χ3n) is 0.968. The monoisotopic (exact) mass is 214 g/mol. The van der Waals surface area contributed by atoms with Gasteiger partial charge in [0.25, 0.3) is 0 Å². The second kappa shape index (κ2) is 9.67. The van der Waals surface area contributed by atoms with E-state index in [9.17, 15) is 9.46 Å². The van der Waals surface area contributed by atoms with Crippen molar-refractivity contribution >= 4 is 8.25 Å². The molecule has 0 aromatic carbocycles. The number of rotatable bonds is 5. The van der Waals surface area contributed by atoms with Gasteiger partial charge in [-0.3, -0.25) is 0 Å². The zero-order chi connectivity index (χ0) is 7.11. The smallest absolute Gasteiger partial charge is 0.781 e. The number of hydrogen-bond donors (Lipinski definition) is 0.